The van der Waals surface area contributed by atoms with E-state index in [1.54, 1.807) is 19.1 Å². The highest BCUT2D eigenvalue weighted by atomic mass is 79.9. The molecule has 1 atom stereocenters. The maximum Gasteiger partial charge on any atom is 0.322 e. The number of carboxylic acids is 1. The first-order valence-electron chi connectivity index (χ1n) is 6.35. The molecule has 2 rings (SSSR count). The summed E-state index contributed by atoms with van der Waals surface area (Å²) in [6, 6.07) is 3.77. The van der Waals surface area contributed by atoms with Gasteiger partial charge in [-0.2, -0.15) is 4.31 Å². The SMILES string of the molecule is Cc1cc(S(=O)(=O)N2CCCCC2C(=O)O)ccc1Br. The van der Waals surface area contributed by atoms with Crippen molar-refractivity contribution in [3.8, 4) is 0 Å². The summed E-state index contributed by atoms with van der Waals surface area (Å²) in [4.78, 5) is 11.4. The van der Waals surface area contributed by atoms with E-state index in [0.717, 1.165) is 20.8 Å². The number of carbonyl (C=O) groups is 1. The predicted molar refractivity (Wildman–Crippen MR) is 78.0 cm³/mol. The molecule has 20 heavy (non-hydrogen) atoms. The van der Waals surface area contributed by atoms with Crippen LogP contribution in [-0.2, 0) is 14.8 Å². The van der Waals surface area contributed by atoms with E-state index in [2.05, 4.69) is 15.9 Å². The van der Waals surface area contributed by atoms with Crippen molar-refractivity contribution in [3.05, 3.63) is 28.2 Å². The van der Waals surface area contributed by atoms with Crippen LogP contribution in [0, 0.1) is 6.92 Å². The zero-order valence-corrected chi connectivity index (χ0v) is 13.4. The summed E-state index contributed by atoms with van der Waals surface area (Å²) in [5, 5.41) is 9.20. The van der Waals surface area contributed by atoms with Gasteiger partial charge in [0.2, 0.25) is 10.0 Å². The molecule has 5 nitrogen and oxygen atoms in total. The number of halogens is 1. The Hall–Kier alpha value is -0.920. The molecule has 1 N–H and O–H groups in total. The van der Waals surface area contributed by atoms with Crippen molar-refractivity contribution in [2.75, 3.05) is 6.54 Å². The number of carboxylic acid groups (broad SMARTS) is 1. The van der Waals surface area contributed by atoms with Gasteiger partial charge in [0.1, 0.15) is 6.04 Å². The molecular weight excluding hydrogens is 346 g/mol. The molecule has 0 aromatic heterocycles. The molecule has 0 amide bonds. The Bertz CT molecular complexity index is 629. The first-order chi connectivity index (χ1) is 9.34. The number of hydrogen-bond donors (Lipinski definition) is 1. The third-order valence-electron chi connectivity index (χ3n) is 3.47. The van der Waals surface area contributed by atoms with E-state index in [0.29, 0.717) is 12.8 Å². The van der Waals surface area contributed by atoms with Gasteiger partial charge in [-0.1, -0.05) is 15.9 Å². The quantitative estimate of drug-likeness (QED) is 0.896. The first kappa shape index (κ1) is 15.5. The Morgan fingerprint density at radius 3 is 2.70 bits per heavy atom. The molecular formula is C13H16BrNO4S. The number of aliphatic carboxylic acids is 1. The Morgan fingerprint density at radius 1 is 1.40 bits per heavy atom. The standard InChI is InChI=1S/C13H16BrNO4S/c1-9-8-10(5-6-11(9)14)20(18,19)15-7-3-2-4-12(15)13(16)17/h5-6,8,12H,2-4,7H2,1H3,(H,16,17). The zero-order valence-electron chi connectivity index (χ0n) is 11.0. The summed E-state index contributed by atoms with van der Waals surface area (Å²) in [6.45, 7) is 2.06. The fourth-order valence-electron chi connectivity index (χ4n) is 2.35. The first-order valence-corrected chi connectivity index (χ1v) is 8.58. The van der Waals surface area contributed by atoms with Crippen LogP contribution in [0.4, 0.5) is 0 Å². The van der Waals surface area contributed by atoms with E-state index >= 15 is 0 Å². The molecule has 1 unspecified atom stereocenters. The van der Waals surface area contributed by atoms with Crippen LogP contribution in [0.15, 0.2) is 27.6 Å². The zero-order chi connectivity index (χ0) is 14.9. The lowest BCUT2D eigenvalue weighted by Crippen LogP contribution is -2.47. The molecule has 0 aliphatic carbocycles. The van der Waals surface area contributed by atoms with Crippen molar-refractivity contribution >= 4 is 31.9 Å². The van der Waals surface area contributed by atoms with Gasteiger partial charge in [0, 0.05) is 11.0 Å². The molecule has 1 aromatic carbocycles. The van der Waals surface area contributed by atoms with Gasteiger partial charge in [-0.05, 0) is 49.9 Å². The molecule has 0 bridgehead atoms. The molecule has 7 heteroatoms. The van der Waals surface area contributed by atoms with E-state index in [1.165, 1.54) is 6.07 Å². The third-order valence-corrected chi connectivity index (χ3v) is 6.27. The predicted octanol–water partition coefficient (Wildman–Crippen LogP) is 2.39. The van der Waals surface area contributed by atoms with Crippen molar-refractivity contribution < 1.29 is 18.3 Å². The average Bonchev–Trinajstić information content (AvgIpc) is 2.41. The molecule has 1 saturated heterocycles. The highest BCUT2D eigenvalue weighted by Gasteiger charge is 2.37. The Morgan fingerprint density at radius 2 is 2.10 bits per heavy atom. The Labute approximate surface area is 126 Å². The average molecular weight is 362 g/mol. The summed E-state index contributed by atoms with van der Waals surface area (Å²) in [6.07, 6.45) is 1.80. The molecule has 1 aliphatic heterocycles. The van der Waals surface area contributed by atoms with Crippen molar-refractivity contribution in [1.82, 2.24) is 4.31 Å². The molecule has 110 valence electrons. The minimum atomic E-state index is -3.76. The molecule has 1 heterocycles. The number of rotatable bonds is 3. The second kappa shape index (κ2) is 5.83. The van der Waals surface area contributed by atoms with Gasteiger partial charge in [-0.3, -0.25) is 4.79 Å². The van der Waals surface area contributed by atoms with Gasteiger partial charge in [0.15, 0.2) is 0 Å². The van der Waals surface area contributed by atoms with Gasteiger partial charge in [0.05, 0.1) is 4.90 Å². The number of benzene rings is 1. The van der Waals surface area contributed by atoms with Crippen molar-refractivity contribution in [3.63, 3.8) is 0 Å². The maximum absolute atomic E-state index is 12.6. The number of hydrogen-bond acceptors (Lipinski definition) is 3. The highest BCUT2D eigenvalue weighted by Crippen LogP contribution is 2.27. The lowest BCUT2D eigenvalue weighted by Gasteiger charge is -2.31. The molecule has 0 spiro atoms. The summed E-state index contributed by atoms with van der Waals surface area (Å²) in [7, 11) is -3.76. The fourth-order valence-corrected chi connectivity index (χ4v) is 4.34. The minimum Gasteiger partial charge on any atom is -0.480 e. The molecule has 1 fully saturated rings. The number of piperidine rings is 1. The van der Waals surface area contributed by atoms with Crippen LogP contribution in [-0.4, -0.2) is 36.4 Å². The second-order valence-corrected chi connectivity index (χ2v) is 7.62. The second-order valence-electron chi connectivity index (χ2n) is 4.88. The van der Waals surface area contributed by atoms with E-state index in [-0.39, 0.29) is 11.4 Å². The van der Waals surface area contributed by atoms with E-state index < -0.39 is 22.0 Å². The van der Waals surface area contributed by atoms with Gasteiger partial charge in [-0.25, -0.2) is 8.42 Å². The summed E-state index contributed by atoms with van der Waals surface area (Å²) >= 11 is 3.32. The van der Waals surface area contributed by atoms with Gasteiger partial charge >= 0.3 is 5.97 Å². The van der Waals surface area contributed by atoms with Crippen LogP contribution < -0.4 is 0 Å². The molecule has 1 aliphatic rings. The monoisotopic (exact) mass is 361 g/mol. The van der Waals surface area contributed by atoms with Gasteiger partial charge < -0.3 is 5.11 Å². The summed E-state index contributed by atoms with van der Waals surface area (Å²) in [5.41, 5.74) is 0.801. The Balaban J connectivity index is 2.42. The van der Waals surface area contributed by atoms with Crippen LogP contribution in [0.3, 0.4) is 0 Å². The van der Waals surface area contributed by atoms with Crippen molar-refractivity contribution in [2.45, 2.75) is 37.1 Å². The van der Waals surface area contributed by atoms with Crippen LogP contribution in [0.1, 0.15) is 24.8 Å². The van der Waals surface area contributed by atoms with Gasteiger partial charge in [-0.15, -0.1) is 0 Å². The normalized spacial score (nSPS) is 20.8. The van der Waals surface area contributed by atoms with Crippen LogP contribution in [0.2, 0.25) is 0 Å². The summed E-state index contributed by atoms with van der Waals surface area (Å²) in [5.74, 6) is -1.08. The van der Waals surface area contributed by atoms with Gasteiger partial charge in [0.25, 0.3) is 0 Å². The minimum absolute atomic E-state index is 0.145. The molecule has 0 radical (unpaired) electrons. The highest BCUT2D eigenvalue weighted by molar-refractivity contribution is 9.10. The topological polar surface area (TPSA) is 74.7 Å². The van der Waals surface area contributed by atoms with Crippen LogP contribution in [0.25, 0.3) is 0 Å². The molecule has 1 aromatic rings. The number of sulfonamides is 1. The van der Waals surface area contributed by atoms with Crippen LogP contribution >= 0.6 is 15.9 Å². The third kappa shape index (κ3) is 2.89. The largest absolute Gasteiger partial charge is 0.480 e. The summed E-state index contributed by atoms with van der Waals surface area (Å²) < 4.78 is 27.2. The number of aryl methyl sites for hydroxylation is 1. The van der Waals surface area contributed by atoms with Crippen LogP contribution in [0.5, 0.6) is 0 Å². The fraction of sp³-hybridized carbons (Fsp3) is 0.462. The van der Waals surface area contributed by atoms with E-state index in [9.17, 15) is 18.3 Å². The van der Waals surface area contributed by atoms with E-state index in [4.69, 9.17) is 0 Å². The van der Waals surface area contributed by atoms with Crippen molar-refractivity contribution in [2.24, 2.45) is 0 Å². The number of nitrogens with zero attached hydrogens (tertiary/aromatic N) is 1. The maximum atomic E-state index is 12.6. The van der Waals surface area contributed by atoms with E-state index in [1.807, 2.05) is 0 Å². The van der Waals surface area contributed by atoms with Crippen molar-refractivity contribution in [1.29, 1.82) is 0 Å². The lowest BCUT2D eigenvalue weighted by molar-refractivity contribution is -0.142. The lowest BCUT2D eigenvalue weighted by atomic mass is 10.1. The smallest absolute Gasteiger partial charge is 0.322 e. The molecule has 0 saturated carbocycles. The Kier molecular flexibility index (Phi) is 4.51.